The number of nitrogens with two attached hydrogens (primary N) is 1. The maximum Gasteiger partial charge on any atom is 0.224 e. The highest BCUT2D eigenvalue weighted by Crippen LogP contribution is 2.39. The van der Waals surface area contributed by atoms with E-state index in [-0.39, 0.29) is 37.0 Å². The number of hydrogen-bond acceptors (Lipinski definition) is 9. The Morgan fingerprint density at radius 2 is 1.73 bits per heavy atom. The molecule has 44 heavy (non-hydrogen) atoms. The Hall–Kier alpha value is -4.23. The number of nitrogens with zero attached hydrogens (tertiary/aromatic N) is 2. The second kappa shape index (κ2) is 15.5. The molecular weight excluding hydrogens is 580 g/mol. The summed E-state index contributed by atoms with van der Waals surface area (Å²) in [6, 6.07) is 22.3. The van der Waals surface area contributed by atoms with E-state index in [2.05, 4.69) is 25.8 Å². The number of nitrogen functional groups attached to an aromatic ring is 1. The minimum absolute atomic E-state index is 0.0222. The summed E-state index contributed by atoms with van der Waals surface area (Å²) in [7, 11) is 0. The van der Waals surface area contributed by atoms with Crippen molar-refractivity contribution in [1.29, 1.82) is 0 Å². The van der Waals surface area contributed by atoms with Crippen LogP contribution in [0.5, 0.6) is 0 Å². The van der Waals surface area contributed by atoms with Gasteiger partial charge in [-0.1, -0.05) is 60.3 Å². The van der Waals surface area contributed by atoms with Gasteiger partial charge in [-0.3, -0.25) is 14.7 Å². The van der Waals surface area contributed by atoms with E-state index in [1.54, 1.807) is 12.1 Å². The van der Waals surface area contributed by atoms with Crippen LogP contribution in [0.4, 0.5) is 17.1 Å². The van der Waals surface area contributed by atoms with Gasteiger partial charge in [0.1, 0.15) is 6.33 Å². The second-order valence-corrected chi connectivity index (χ2v) is 11.5. The fourth-order valence-corrected chi connectivity index (χ4v) is 5.64. The fourth-order valence-electron chi connectivity index (χ4n) is 4.84. The summed E-state index contributed by atoms with van der Waals surface area (Å²) < 4.78 is 12.8. The number of para-hydroxylation sites is 2. The number of aromatic nitrogens is 3. The predicted molar refractivity (Wildman–Crippen MR) is 169 cm³/mol. The van der Waals surface area contributed by atoms with Gasteiger partial charge in [-0.05, 0) is 48.2 Å². The van der Waals surface area contributed by atoms with Crippen molar-refractivity contribution in [3.8, 4) is 0 Å². The van der Waals surface area contributed by atoms with E-state index in [1.807, 2.05) is 60.7 Å². The van der Waals surface area contributed by atoms with Gasteiger partial charge >= 0.3 is 0 Å². The van der Waals surface area contributed by atoms with Crippen molar-refractivity contribution in [2.24, 2.45) is 0 Å². The lowest BCUT2D eigenvalue weighted by Gasteiger charge is -2.36. The standard InChI is InChI=1S/C32H36N6O5S/c33-26-8-1-2-9-27(26)37-30(41)11-4-3-10-29(40)36-24-7-5-6-23(16-24)31-42-25(19-44-32-34-20-35-38-32)17-28(43-31)22-14-12-21(18-39)13-15-22/h1-2,5-9,12-16,20,25,28,31,39H,3-4,10-11,17-19,33H2,(H,36,40)(H,37,41)(H,34,35,38)/t25-,28+,31+/m0/s1. The van der Waals surface area contributed by atoms with Crippen molar-refractivity contribution in [3.63, 3.8) is 0 Å². The second-order valence-electron chi connectivity index (χ2n) is 10.5. The maximum absolute atomic E-state index is 12.7. The smallest absolute Gasteiger partial charge is 0.224 e. The Kier molecular flexibility index (Phi) is 11.0. The molecule has 0 spiro atoms. The van der Waals surface area contributed by atoms with Crippen LogP contribution in [-0.4, -0.2) is 44.0 Å². The summed E-state index contributed by atoms with van der Waals surface area (Å²) in [5.41, 5.74) is 10.2. The van der Waals surface area contributed by atoms with Gasteiger partial charge in [0.2, 0.25) is 11.8 Å². The van der Waals surface area contributed by atoms with E-state index in [0.29, 0.717) is 53.7 Å². The molecule has 11 nitrogen and oxygen atoms in total. The molecule has 2 amide bonds. The highest BCUT2D eigenvalue weighted by molar-refractivity contribution is 7.99. The number of carbonyl (C=O) groups is 2. The number of H-pyrrole nitrogens is 1. The third-order valence-corrected chi connectivity index (χ3v) is 8.16. The Balaban J connectivity index is 1.16. The van der Waals surface area contributed by atoms with E-state index in [0.717, 1.165) is 16.7 Å². The van der Waals surface area contributed by atoms with Crippen LogP contribution in [0.1, 0.15) is 61.2 Å². The number of aliphatic hydroxyl groups is 1. The summed E-state index contributed by atoms with van der Waals surface area (Å²) >= 11 is 1.53. The summed E-state index contributed by atoms with van der Waals surface area (Å²) in [4.78, 5) is 29.1. The van der Waals surface area contributed by atoms with Crippen LogP contribution in [-0.2, 0) is 25.7 Å². The number of aromatic amines is 1. The number of amides is 2. The first-order valence-corrected chi connectivity index (χ1v) is 15.5. The van der Waals surface area contributed by atoms with E-state index in [9.17, 15) is 14.7 Å². The first kappa shape index (κ1) is 31.2. The molecule has 0 radical (unpaired) electrons. The van der Waals surface area contributed by atoms with Gasteiger partial charge in [0, 0.05) is 36.3 Å². The number of carbonyl (C=O) groups excluding carboxylic acids is 2. The first-order chi connectivity index (χ1) is 21.5. The third-order valence-electron chi connectivity index (χ3n) is 7.15. The molecule has 2 heterocycles. The molecule has 4 aromatic rings. The predicted octanol–water partition coefficient (Wildman–Crippen LogP) is 5.35. The highest BCUT2D eigenvalue weighted by atomic mass is 32.2. The maximum atomic E-state index is 12.7. The summed E-state index contributed by atoms with van der Waals surface area (Å²) in [5, 5.41) is 22.7. The quantitative estimate of drug-likeness (QED) is 0.0756. The van der Waals surface area contributed by atoms with Crippen molar-refractivity contribution in [3.05, 3.63) is 95.8 Å². The van der Waals surface area contributed by atoms with Gasteiger partial charge in [-0.25, -0.2) is 4.98 Å². The van der Waals surface area contributed by atoms with Crippen molar-refractivity contribution in [1.82, 2.24) is 15.2 Å². The lowest BCUT2D eigenvalue weighted by molar-refractivity contribution is -0.245. The molecule has 3 atom stereocenters. The molecular formula is C32H36N6O5S. The lowest BCUT2D eigenvalue weighted by Crippen LogP contribution is -2.31. The number of nitrogens with one attached hydrogen (secondary N) is 3. The number of benzene rings is 3. The molecule has 0 bridgehead atoms. The molecule has 0 aliphatic carbocycles. The molecule has 230 valence electrons. The first-order valence-electron chi connectivity index (χ1n) is 14.5. The number of hydrogen-bond donors (Lipinski definition) is 5. The van der Waals surface area contributed by atoms with Crippen molar-refractivity contribution in [2.75, 3.05) is 22.1 Å². The van der Waals surface area contributed by atoms with Crippen molar-refractivity contribution < 1.29 is 24.2 Å². The van der Waals surface area contributed by atoms with Crippen LogP contribution in [0.3, 0.4) is 0 Å². The fraction of sp³-hybridized carbons (Fsp3) is 0.312. The van der Waals surface area contributed by atoms with E-state index >= 15 is 0 Å². The van der Waals surface area contributed by atoms with Crippen LogP contribution in [0.15, 0.2) is 84.3 Å². The molecule has 1 aliphatic rings. The molecule has 1 aliphatic heterocycles. The zero-order chi connectivity index (χ0) is 30.7. The number of unbranched alkanes of at least 4 members (excludes halogenated alkanes) is 1. The molecule has 1 aromatic heterocycles. The van der Waals surface area contributed by atoms with Gasteiger partial charge in [-0.2, -0.15) is 5.10 Å². The largest absolute Gasteiger partial charge is 0.397 e. The van der Waals surface area contributed by atoms with Gasteiger partial charge in [0.05, 0.1) is 30.2 Å². The van der Waals surface area contributed by atoms with Crippen molar-refractivity contribution in [2.45, 2.75) is 62.4 Å². The average molecular weight is 617 g/mol. The molecule has 0 saturated carbocycles. The molecule has 6 N–H and O–H groups in total. The topological polar surface area (TPSA) is 164 Å². The zero-order valence-electron chi connectivity index (χ0n) is 24.1. The molecule has 12 heteroatoms. The van der Waals surface area contributed by atoms with E-state index in [1.165, 1.54) is 18.1 Å². The minimum Gasteiger partial charge on any atom is -0.397 e. The number of thioether (sulfide) groups is 1. The Morgan fingerprint density at radius 1 is 0.955 bits per heavy atom. The highest BCUT2D eigenvalue weighted by Gasteiger charge is 2.32. The van der Waals surface area contributed by atoms with Crippen LogP contribution in [0.2, 0.25) is 0 Å². The monoisotopic (exact) mass is 616 g/mol. The van der Waals surface area contributed by atoms with E-state index in [4.69, 9.17) is 15.2 Å². The number of anilines is 3. The number of aliphatic hydroxyl groups excluding tert-OH is 1. The van der Waals surface area contributed by atoms with E-state index < -0.39 is 6.29 Å². The molecule has 0 unspecified atom stereocenters. The SMILES string of the molecule is Nc1ccccc1NC(=O)CCCCC(=O)Nc1cccc([C@@H]2O[C@H](CSc3ncn[nH]3)C[C@H](c3ccc(CO)cc3)O2)c1. The number of rotatable bonds is 13. The van der Waals surface area contributed by atoms with Crippen LogP contribution in [0.25, 0.3) is 0 Å². The summed E-state index contributed by atoms with van der Waals surface area (Å²) in [5.74, 6) is 0.375. The van der Waals surface area contributed by atoms with Gasteiger partial charge < -0.3 is 30.9 Å². The Morgan fingerprint density at radius 3 is 2.45 bits per heavy atom. The third kappa shape index (κ3) is 8.89. The zero-order valence-corrected chi connectivity index (χ0v) is 25.0. The summed E-state index contributed by atoms with van der Waals surface area (Å²) in [6.07, 6.45) is 2.82. The molecule has 1 fully saturated rings. The molecule has 1 saturated heterocycles. The van der Waals surface area contributed by atoms with Gasteiger partial charge in [0.25, 0.3) is 0 Å². The normalized spacial score (nSPS) is 18.1. The molecule has 5 rings (SSSR count). The lowest BCUT2D eigenvalue weighted by atomic mass is 10.0. The van der Waals surface area contributed by atoms with Crippen molar-refractivity contribution >= 4 is 40.6 Å². The molecule has 3 aromatic carbocycles. The van der Waals surface area contributed by atoms with Crippen LogP contribution >= 0.6 is 11.8 Å². The summed E-state index contributed by atoms with van der Waals surface area (Å²) in [6.45, 7) is -0.0222. The minimum atomic E-state index is -0.652. The van der Waals surface area contributed by atoms with Crippen LogP contribution in [0, 0.1) is 0 Å². The Labute approximate surface area is 260 Å². The number of ether oxygens (including phenoxy) is 2. The average Bonchev–Trinajstić information content (AvgIpc) is 3.57. The van der Waals surface area contributed by atoms with Gasteiger partial charge in [0.15, 0.2) is 11.4 Å². The van der Waals surface area contributed by atoms with Crippen LogP contribution < -0.4 is 16.4 Å². The Bertz CT molecular complexity index is 1520. The van der Waals surface area contributed by atoms with Gasteiger partial charge in [-0.15, -0.1) is 0 Å².